The lowest BCUT2D eigenvalue weighted by molar-refractivity contribution is -0.137. The van der Waals surface area contributed by atoms with E-state index in [9.17, 15) is 18.0 Å². The topological polar surface area (TPSA) is 94.7 Å². The van der Waals surface area contributed by atoms with Crippen molar-refractivity contribution in [2.45, 2.75) is 18.6 Å². The van der Waals surface area contributed by atoms with E-state index in [4.69, 9.17) is 0 Å². The summed E-state index contributed by atoms with van der Waals surface area (Å²) in [6.07, 6.45) is -1.74. The van der Waals surface area contributed by atoms with Gasteiger partial charge in [-0.1, -0.05) is 18.2 Å². The maximum absolute atomic E-state index is 13.6. The van der Waals surface area contributed by atoms with Gasteiger partial charge >= 0.3 is 6.18 Å². The Morgan fingerprint density at radius 3 is 2.80 bits per heavy atom. The zero-order valence-corrected chi connectivity index (χ0v) is 16.2. The number of halogens is 3. The maximum Gasteiger partial charge on any atom is 0.419 e. The zero-order valence-electron chi connectivity index (χ0n) is 16.2. The van der Waals surface area contributed by atoms with Crippen molar-refractivity contribution in [3.8, 4) is 11.3 Å². The molecule has 1 saturated heterocycles. The van der Waals surface area contributed by atoms with Crippen LogP contribution in [0.4, 0.5) is 19.1 Å². The molecule has 1 aromatic carbocycles. The van der Waals surface area contributed by atoms with Gasteiger partial charge in [0.25, 0.3) is 0 Å². The summed E-state index contributed by atoms with van der Waals surface area (Å²) in [7, 11) is 1.58. The molecule has 10 heteroatoms. The fourth-order valence-corrected chi connectivity index (χ4v) is 3.77. The summed E-state index contributed by atoms with van der Waals surface area (Å²) >= 11 is 0. The zero-order chi connectivity index (χ0) is 21.3. The molecule has 4 rings (SSSR count). The maximum atomic E-state index is 13.6. The number of alkyl halides is 3. The van der Waals surface area contributed by atoms with Crippen LogP contribution in [-0.2, 0) is 11.0 Å². The van der Waals surface area contributed by atoms with Crippen LogP contribution in [0, 0.1) is 5.92 Å². The van der Waals surface area contributed by atoms with E-state index in [0.29, 0.717) is 30.5 Å². The molecule has 30 heavy (non-hydrogen) atoms. The minimum atomic E-state index is -4.59. The Morgan fingerprint density at radius 1 is 1.23 bits per heavy atom. The number of amides is 1. The highest BCUT2D eigenvalue weighted by Gasteiger charge is 2.36. The van der Waals surface area contributed by atoms with Gasteiger partial charge in [0.05, 0.1) is 11.6 Å². The summed E-state index contributed by atoms with van der Waals surface area (Å²) in [4.78, 5) is 23.0. The summed E-state index contributed by atoms with van der Waals surface area (Å²) in [5.74, 6) is -0.224. The summed E-state index contributed by atoms with van der Waals surface area (Å²) in [5.41, 5.74) is -0.0149. The quantitative estimate of drug-likeness (QED) is 0.523. The van der Waals surface area contributed by atoms with Gasteiger partial charge in [-0.25, -0.2) is 9.97 Å². The largest absolute Gasteiger partial charge is 0.419 e. The van der Waals surface area contributed by atoms with E-state index in [2.05, 4.69) is 30.9 Å². The molecule has 1 aliphatic heterocycles. The van der Waals surface area contributed by atoms with Crippen LogP contribution in [-0.4, -0.2) is 47.0 Å². The van der Waals surface area contributed by atoms with E-state index >= 15 is 0 Å². The number of rotatable bonds is 4. The molecule has 4 N–H and O–H groups in total. The minimum absolute atomic E-state index is 0.0816. The van der Waals surface area contributed by atoms with E-state index in [-0.39, 0.29) is 29.5 Å². The van der Waals surface area contributed by atoms with Crippen molar-refractivity contribution in [3.05, 3.63) is 42.2 Å². The van der Waals surface area contributed by atoms with Gasteiger partial charge in [0.1, 0.15) is 5.56 Å². The first-order valence-electron chi connectivity index (χ1n) is 9.56. The van der Waals surface area contributed by atoms with Crippen molar-refractivity contribution >= 4 is 22.8 Å². The third-order valence-electron chi connectivity index (χ3n) is 5.24. The van der Waals surface area contributed by atoms with Crippen molar-refractivity contribution in [3.63, 3.8) is 0 Å². The summed E-state index contributed by atoms with van der Waals surface area (Å²) in [6.45, 7) is 1.10. The number of para-hydroxylation sites is 1. The molecule has 7 nitrogen and oxygen atoms in total. The third-order valence-corrected chi connectivity index (χ3v) is 5.24. The van der Waals surface area contributed by atoms with E-state index in [1.54, 1.807) is 31.3 Å². The Kier molecular flexibility index (Phi) is 5.33. The summed E-state index contributed by atoms with van der Waals surface area (Å²) in [5, 5.41) is 9.50. The van der Waals surface area contributed by atoms with Crippen LogP contribution in [0.25, 0.3) is 22.2 Å². The molecule has 1 fully saturated rings. The predicted octanol–water partition coefficient (Wildman–Crippen LogP) is 2.78. The van der Waals surface area contributed by atoms with E-state index in [0.717, 1.165) is 11.7 Å². The molecule has 2 atom stereocenters. The number of aromatic nitrogens is 3. The van der Waals surface area contributed by atoms with Crippen molar-refractivity contribution < 1.29 is 18.0 Å². The molecule has 0 radical (unpaired) electrons. The second-order valence-corrected chi connectivity index (χ2v) is 7.25. The average molecular weight is 418 g/mol. The van der Waals surface area contributed by atoms with Crippen LogP contribution >= 0.6 is 0 Å². The highest BCUT2D eigenvalue weighted by atomic mass is 19.4. The van der Waals surface area contributed by atoms with Gasteiger partial charge in [-0.05, 0) is 12.5 Å². The summed E-state index contributed by atoms with van der Waals surface area (Å²) < 4.78 is 40.9. The molecule has 1 aliphatic rings. The number of carbonyl (C=O) groups is 1. The number of fused-ring (bicyclic) bond motifs is 1. The first-order chi connectivity index (χ1) is 14.4. The average Bonchev–Trinajstić information content (AvgIpc) is 3.16. The van der Waals surface area contributed by atoms with Crippen molar-refractivity contribution in [2.24, 2.45) is 5.92 Å². The van der Waals surface area contributed by atoms with E-state index < -0.39 is 11.7 Å². The highest BCUT2D eigenvalue weighted by molar-refractivity contribution is 5.95. The molecular formula is C20H21F3N6O. The molecule has 0 spiro atoms. The Bertz CT molecular complexity index is 1060. The van der Waals surface area contributed by atoms with Crippen LogP contribution in [0.5, 0.6) is 0 Å². The van der Waals surface area contributed by atoms with Gasteiger partial charge in [0, 0.05) is 55.0 Å². The molecule has 3 aromatic rings. The number of H-pyrrole nitrogens is 1. The first kappa shape index (κ1) is 20.1. The molecule has 0 saturated carbocycles. The number of carbonyl (C=O) groups excluding carboxylic acids is 1. The van der Waals surface area contributed by atoms with Gasteiger partial charge in [0.2, 0.25) is 11.9 Å². The first-order valence-corrected chi connectivity index (χ1v) is 9.56. The highest BCUT2D eigenvalue weighted by Crippen LogP contribution is 2.38. The Labute approximate surface area is 170 Å². The number of nitrogens with zero attached hydrogens (tertiary/aromatic N) is 2. The number of anilines is 1. The van der Waals surface area contributed by atoms with Gasteiger partial charge in [-0.15, -0.1) is 0 Å². The normalized spacial score (nSPS) is 19.6. The van der Waals surface area contributed by atoms with Crippen LogP contribution in [0.3, 0.4) is 0 Å². The summed E-state index contributed by atoms with van der Waals surface area (Å²) in [6, 6.07) is 6.92. The van der Waals surface area contributed by atoms with Crippen molar-refractivity contribution in [1.29, 1.82) is 0 Å². The Balaban J connectivity index is 1.68. The lowest BCUT2D eigenvalue weighted by Gasteiger charge is -2.29. The fraction of sp³-hybridized carbons (Fsp3) is 0.350. The van der Waals surface area contributed by atoms with Gasteiger partial charge in [-0.2, -0.15) is 13.2 Å². The molecule has 0 unspecified atom stereocenters. The number of aromatic amines is 1. The monoisotopic (exact) mass is 418 g/mol. The minimum Gasteiger partial charge on any atom is -0.360 e. The molecule has 3 heterocycles. The smallest absolute Gasteiger partial charge is 0.360 e. The number of piperidine rings is 1. The third kappa shape index (κ3) is 3.95. The van der Waals surface area contributed by atoms with Crippen LogP contribution < -0.4 is 16.0 Å². The predicted molar refractivity (Wildman–Crippen MR) is 107 cm³/mol. The van der Waals surface area contributed by atoms with Gasteiger partial charge in [0.15, 0.2) is 0 Å². The number of nitrogens with one attached hydrogen (secondary N) is 4. The van der Waals surface area contributed by atoms with Crippen LogP contribution in [0.2, 0.25) is 0 Å². The van der Waals surface area contributed by atoms with Crippen molar-refractivity contribution in [2.75, 3.05) is 25.5 Å². The standard InChI is InChI=1S/C20H21F3N6O/c1-24-18(30)11-6-12(8-25-7-11)28-19-27-10-15(20(21,22)23)17(29-19)14-9-26-16-5-3-2-4-13(14)16/h2-5,9-12,25-26H,6-8H2,1H3,(H,24,30)(H,27,28,29)/t11-,12-/m1/s1. The van der Waals surface area contributed by atoms with Gasteiger partial charge < -0.3 is 20.9 Å². The Hall–Kier alpha value is -3.14. The van der Waals surface area contributed by atoms with Crippen molar-refractivity contribution in [1.82, 2.24) is 25.6 Å². The molecule has 1 amide bonds. The number of hydrogen-bond donors (Lipinski definition) is 4. The fourth-order valence-electron chi connectivity index (χ4n) is 3.77. The molecule has 0 bridgehead atoms. The molecule has 0 aliphatic carbocycles. The van der Waals surface area contributed by atoms with E-state index in [1.807, 2.05) is 0 Å². The lowest BCUT2D eigenvalue weighted by atomic mass is 9.95. The molecule has 158 valence electrons. The van der Waals surface area contributed by atoms with Gasteiger partial charge in [-0.3, -0.25) is 4.79 Å². The molecule has 2 aromatic heterocycles. The number of benzene rings is 1. The van der Waals surface area contributed by atoms with Crippen LogP contribution in [0.1, 0.15) is 12.0 Å². The number of hydrogen-bond acceptors (Lipinski definition) is 5. The van der Waals surface area contributed by atoms with E-state index in [1.165, 1.54) is 6.20 Å². The van der Waals surface area contributed by atoms with Crippen LogP contribution in [0.15, 0.2) is 36.7 Å². The Morgan fingerprint density at radius 2 is 2.03 bits per heavy atom. The molecular weight excluding hydrogens is 397 g/mol. The SMILES string of the molecule is CNC(=O)[C@H]1CNC[C@H](Nc2ncc(C(F)(F)F)c(-c3c[nH]c4ccccc34)n2)C1. The second kappa shape index (κ2) is 7.94. The lowest BCUT2D eigenvalue weighted by Crippen LogP contribution is -2.48. The second-order valence-electron chi connectivity index (χ2n) is 7.25.